The first-order valence-electron chi connectivity index (χ1n) is 8.89. The fourth-order valence-corrected chi connectivity index (χ4v) is 2.59. The Morgan fingerprint density at radius 2 is 1.79 bits per heavy atom. The van der Waals surface area contributed by atoms with Gasteiger partial charge in [-0.3, -0.25) is 9.59 Å². The summed E-state index contributed by atoms with van der Waals surface area (Å²) in [5.41, 5.74) is 6.87. The predicted octanol–water partition coefficient (Wildman–Crippen LogP) is 2.12. The summed E-state index contributed by atoms with van der Waals surface area (Å²) in [7, 11) is 0. The number of nitrogens with zero attached hydrogens (tertiary/aromatic N) is 2. The van der Waals surface area contributed by atoms with Crippen molar-refractivity contribution < 1.29 is 18.7 Å². The third-order valence-electron chi connectivity index (χ3n) is 4.03. The molecule has 0 atom stereocenters. The summed E-state index contributed by atoms with van der Waals surface area (Å²) >= 11 is 0. The van der Waals surface area contributed by atoms with Gasteiger partial charge in [-0.1, -0.05) is 30.3 Å². The van der Waals surface area contributed by atoms with Gasteiger partial charge in [0.2, 0.25) is 0 Å². The van der Waals surface area contributed by atoms with Crippen LogP contribution in [0.2, 0.25) is 0 Å². The number of nitrogens with two attached hydrogens (primary N) is 1. The van der Waals surface area contributed by atoms with Gasteiger partial charge in [0, 0.05) is 24.7 Å². The normalized spacial score (nSPS) is 10.4. The fraction of sp³-hybridized carbons (Fsp3) is 0.143. The molecule has 3 N–H and O–H groups in total. The molecule has 29 heavy (non-hydrogen) atoms. The molecule has 3 rings (SSSR count). The number of halogens is 1. The number of rotatable bonds is 8. The van der Waals surface area contributed by atoms with E-state index in [0.717, 1.165) is 5.56 Å². The van der Waals surface area contributed by atoms with Crippen LogP contribution in [0.5, 0.6) is 5.75 Å². The lowest BCUT2D eigenvalue weighted by molar-refractivity contribution is -0.123. The summed E-state index contributed by atoms with van der Waals surface area (Å²) in [5.74, 6) is -0.512. The highest BCUT2D eigenvalue weighted by molar-refractivity contribution is 5.93. The lowest BCUT2D eigenvalue weighted by atomic mass is 10.1. The second-order valence-corrected chi connectivity index (χ2v) is 6.13. The molecule has 2 amide bonds. The smallest absolute Gasteiger partial charge is 0.257 e. The van der Waals surface area contributed by atoms with E-state index < -0.39 is 5.91 Å². The predicted molar refractivity (Wildman–Crippen MR) is 105 cm³/mol. The minimum atomic E-state index is -0.634. The van der Waals surface area contributed by atoms with E-state index in [1.807, 2.05) is 30.3 Å². The Labute approximate surface area is 166 Å². The molecular formula is C21H19FN4O3. The first kappa shape index (κ1) is 19.9. The van der Waals surface area contributed by atoms with Gasteiger partial charge in [-0.25, -0.2) is 14.4 Å². The first-order valence-corrected chi connectivity index (χ1v) is 8.89. The lowest BCUT2D eigenvalue weighted by Crippen LogP contribution is -2.31. The van der Waals surface area contributed by atoms with Crippen molar-refractivity contribution >= 4 is 11.8 Å². The van der Waals surface area contributed by atoms with Crippen LogP contribution in [0.25, 0.3) is 11.4 Å². The van der Waals surface area contributed by atoms with Gasteiger partial charge in [-0.15, -0.1) is 0 Å². The van der Waals surface area contributed by atoms with Crippen molar-refractivity contribution in [2.24, 2.45) is 5.73 Å². The average Bonchev–Trinajstić information content (AvgIpc) is 2.74. The third kappa shape index (κ3) is 5.58. The maximum absolute atomic E-state index is 12.9. The van der Waals surface area contributed by atoms with E-state index in [-0.39, 0.29) is 30.4 Å². The molecule has 8 heteroatoms. The lowest BCUT2D eigenvalue weighted by Gasteiger charge is -2.10. The number of hydrogen-bond acceptors (Lipinski definition) is 5. The van der Waals surface area contributed by atoms with E-state index in [9.17, 15) is 14.0 Å². The Kier molecular flexibility index (Phi) is 6.47. The van der Waals surface area contributed by atoms with Crippen LogP contribution in [0.1, 0.15) is 16.1 Å². The number of aromatic nitrogens is 2. The van der Waals surface area contributed by atoms with Crippen LogP contribution in [0, 0.1) is 5.82 Å². The molecule has 2 aromatic carbocycles. The summed E-state index contributed by atoms with van der Waals surface area (Å²) in [5, 5.41) is 2.69. The number of ether oxygens (including phenoxy) is 1. The molecule has 0 saturated carbocycles. The highest BCUT2D eigenvalue weighted by atomic mass is 19.1. The van der Waals surface area contributed by atoms with Crippen molar-refractivity contribution in [3.05, 3.63) is 77.9 Å². The molecule has 0 fully saturated rings. The fourth-order valence-electron chi connectivity index (χ4n) is 2.59. The number of carbonyl (C=O) groups excluding carboxylic acids is 2. The van der Waals surface area contributed by atoms with Gasteiger partial charge in [0.25, 0.3) is 11.8 Å². The molecule has 0 radical (unpaired) electrons. The Morgan fingerprint density at radius 3 is 2.48 bits per heavy atom. The summed E-state index contributed by atoms with van der Waals surface area (Å²) in [6, 6.07) is 14.7. The zero-order valence-electron chi connectivity index (χ0n) is 15.5. The van der Waals surface area contributed by atoms with Gasteiger partial charge in [0.1, 0.15) is 11.6 Å². The van der Waals surface area contributed by atoms with Crippen molar-refractivity contribution in [3.8, 4) is 17.1 Å². The average molecular weight is 394 g/mol. The topological polar surface area (TPSA) is 107 Å². The van der Waals surface area contributed by atoms with Gasteiger partial charge < -0.3 is 15.8 Å². The Bertz CT molecular complexity index is 995. The molecule has 0 aliphatic carbocycles. The minimum Gasteiger partial charge on any atom is -0.484 e. The van der Waals surface area contributed by atoms with Crippen LogP contribution < -0.4 is 15.8 Å². The van der Waals surface area contributed by atoms with E-state index in [1.165, 1.54) is 30.5 Å². The summed E-state index contributed by atoms with van der Waals surface area (Å²) in [6.45, 7) is 0.0183. The monoisotopic (exact) mass is 394 g/mol. The maximum Gasteiger partial charge on any atom is 0.257 e. The van der Waals surface area contributed by atoms with Gasteiger partial charge in [0.15, 0.2) is 12.4 Å². The van der Waals surface area contributed by atoms with Crippen molar-refractivity contribution in [1.29, 1.82) is 0 Å². The number of benzene rings is 2. The highest BCUT2D eigenvalue weighted by Gasteiger charge is 2.13. The van der Waals surface area contributed by atoms with E-state index >= 15 is 0 Å². The van der Waals surface area contributed by atoms with Crippen LogP contribution in [0.3, 0.4) is 0 Å². The van der Waals surface area contributed by atoms with E-state index in [4.69, 9.17) is 10.5 Å². The zero-order chi connectivity index (χ0) is 20.6. The maximum atomic E-state index is 12.9. The van der Waals surface area contributed by atoms with Gasteiger partial charge >= 0.3 is 0 Å². The minimum absolute atomic E-state index is 0.210. The molecule has 0 aliphatic heterocycles. The number of amides is 2. The SMILES string of the molecule is NC(=O)c1cnc(-c2ccccc2)nc1CCNC(=O)COc1ccc(F)cc1. The zero-order valence-corrected chi connectivity index (χ0v) is 15.5. The first-order chi connectivity index (χ1) is 14.0. The molecular weight excluding hydrogens is 375 g/mol. The van der Waals surface area contributed by atoms with Crippen molar-refractivity contribution in [2.45, 2.75) is 6.42 Å². The molecule has 7 nitrogen and oxygen atoms in total. The Hall–Kier alpha value is -3.81. The largest absolute Gasteiger partial charge is 0.484 e. The van der Waals surface area contributed by atoms with Crippen LogP contribution >= 0.6 is 0 Å². The Balaban J connectivity index is 1.59. The van der Waals surface area contributed by atoms with Crippen molar-refractivity contribution in [2.75, 3.05) is 13.2 Å². The summed E-state index contributed by atoms with van der Waals surface area (Å²) < 4.78 is 18.1. The van der Waals surface area contributed by atoms with Crippen LogP contribution in [0.15, 0.2) is 60.8 Å². The molecule has 0 bridgehead atoms. The second kappa shape index (κ2) is 9.41. The number of nitrogens with one attached hydrogen (secondary N) is 1. The van der Waals surface area contributed by atoms with Crippen molar-refractivity contribution in [1.82, 2.24) is 15.3 Å². The molecule has 148 valence electrons. The van der Waals surface area contributed by atoms with Gasteiger partial charge in [-0.2, -0.15) is 0 Å². The van der Waals surface area contributed by atoms with Crippen LogP contribution in [-0.2, 0) is 11.2 Å². The van der Waals surface area contributed by atoms with E-state index in [1.54, 1.807) is 0 Å². The van der Waals surface area contributed by atoms with Gasteiger partial charge in [-0.05, 0) is 24.3 Å². The van der Waals surface area contributed by atoms with Gasteiger partial charge in [0.05, 0.1) is 11.3 Å². The molecule has 0 unspecified atom stereocenters. The highest BCUT2D eigenvalue weighted by Crippen LogP contribution is 2.16. The second-order valence-electron chi connectivity index (χ2n) is 6.13. The Morgan fingerprint density at radius 1 is 1.07 bits per heavy atom. The molecule has 1 aromatic heterocycles. The van der Waals surface area contributed by atoms with E-state index in [0.29, 0.717) is 23.7 Å². The third-order valence-corrected chi connectivity index (χ3v) is 4.03. The molecule has 0 saturated heterocycles. The van der Waals surface area contributed by atoms with Crippen LogP contribution in [-0.4, -0.2) is 34.9 Å². The number of carbonyl (C=O) groups is 2. The summed E-state index contributed by atoms with van der Waals surface area (Å²) in [6.07, 6.45) is 1.69. The molecule has 0 spiro atoms. The quantitative estimate of drug-likeness (QED) is 0.609. The number of primary amides is 1. The molecule has 3 aromatic rings. The standard InChI is InChI=1S/C21H19FN4O3/c22-15-6-8-16(9-7-15)29-13-19(27)24-11-10-18-17(20(23)28)12-25-21(26-18)14-4-2-1-3-5-14/h1-9,12H,10-11,13H2,(H2,23,28)(H,24,27). The van der Waals surface area contributed by atoms with Crippen molar-refractivity contribution in [3.63, 3.8) is 0 Å². The number of hydrogen-bond donors (Lipinski definition) is 2. The molecule has 0 aliphatic rings. The van der Waals surface area contributed by atoms with Crippen LogP contribution in [0.4, 0.5) is 4.39 Å². The van der Waals surface area contributed by atoms with E-state index in [2.05, 4.69) is 15.3 Å². The summed E-state index contributed by atoms with van der Waals surface area (Å²) in [4.78, 5) is 32.2. The molecule has 1 heterocycles.